The number of rotatable bonds is 3. The van der Waals surface area contributed by atoms with E-state index in [4.69, 9.17) is 26.4 Å². The molecule has 1 amide bonds. The molecule has 1 saturated heterocycles. The van der Waals surface area contributed by atoms with Gasteiger partial charge in [-0.3, -0.25) is 14.9 Å². The van der Waals surface area contributed by atoms with E-state index in [-0.39, 0.29) is 10.9 Å². The van der Waals surface area contributed by atoms with Gasteiger partial charge in [0.25, 0.3) is 11.1 Å². The fourth-order valence-electron chi connectivity index (χ4n) is 1.59. The van der Waals surface area contributed by atoms with Crippen LogP contribution in [0.2, 0.25) is 0 Å². The summed E-state index contributed by atoms with van der Waals surface area (Å²) in [6.07, 6.45) is 1.51. The van der Waals surface area contributed by atoms with Gasteiger partial charge in [0.05, 0.1) is 7.11 Å². The van der Waals surface area contributed by atoms with E-state index >= 15 is 0 Å². The van der Waals surface area contributed by atoms with Crippen LogP contribution in [-0.2, 0) is 14.3 Å². The van der Waals surface area contributed by atoms with E-state index < -0.39 is 11.9 Å². The van der Waals surface area contributed by atoms with E-state index in [1.165, 1.54) is 20.1 Å². The first-order valence-electron chi connectivity index (χ1n) is 5.61. The normalized spacial score (nSPS) is 15.8. The summed E-state index contributed by atoms with van der Waals surface area (Å²) in [6.45, 7) is 1.30. The molecule has 1 fully saturated rings. The van der Waals surface area contributed by atoms with Crippen LogP contribution in [0.5, 0.6) is 11.5 Å². The van der Waals surface area contributed by atoms with E-state index in [2.05, 4.69) is 5.32 Å². The van der Waals surface area contributed by atoms with Crippen LogP contribution in [0.3, 0.4) is 0 Å². The van der Waals surface area contributed by atoms with Crippen molar-refractivity contribution in [3.63, 3.8) is 0 Å². The van der Waals surface area contributed by atoms with Crippen molar-refractivity contribution in [1.29, 1.82) is 0 Å². The van der Waals surface area contributed by atoms with Crippen molar-refractivity contribution in [3.05, 3.63) is 29.5 Å². The third-order valence-corrected chi connectivity index (χ3v) is 2.57. The molecule has 1 N–H and O–H groups in total. The Labute approximate surface area is 120 Å². The summed E-state index contributed by atoms with van der Waals surface area (Å²) < 4.78 is 15.2. The number of ether oxygens (including phenoxy) is 3. The lowest BCUT2D eigenvalue weighted by atomic mass is 10.1. The van der Waals surface area contributed by atoms with E-state index in [1.54, 1.807) is 18.2 Å². The number of amides is 1. The van der Waals surface area contributed by atoms with Crippen LogP contribution in [0.1, 0.15) is 12.5 Å². The van der Waals surface area contributed by atoms with Gasteiger partial charge < -0.3 is 14.2 Å². The maximum absolute atomic E-state index is 11.5. The van der Waals surface area contributed by atoms with E-state index in [9.17, 15) is 9.59 Å². The zero-order valence-electron chi connectivity index (χ0n) is 10.8. The molecule has 1 aliphatic rings. The van der Waals surface area contributed by atoms with Crippen molar-refractivity contribution >= 4 is 35.3 Å². The molecule has 0 atom stereocenters. The molecule has 0 radical (unpaired) electrons. The predicted octanol–water partition coefficient (Wildman–Crippen LogP) is 1.39. The first kappa shape index (κ1) is 14.0. The predicted molar refractivity (Wildman–Crippen MR) is 74.1 cm³/mol. The second kappa shape index (κ2) is 5.70. The average molecular weight is 293 g/mol. The zero-order valence-corrected chi connectivity index (χ0v) is 11.6. The van der Waals surface area contributed by atoms with E-state index in [0.717, 1.165) is 0 Å². The summed E-state index contributed by atoms with van der Waals surface area (Å²) in [4.78, 5) is 22.4. The summed E-state index contributed by atoms with van der Waals surface area (Å²) >= 11 is 4.73. The number of carbonyl (C=O) groups excluding carboxylic acids is 2. The Bertz CT molecular complexity index is 623. The standard InChI is InChI=1S/C13H11NO5S/c1-7(15)18-9-4-3-8(5-10(9)17-2)6-11-12(16)14-13(20)19-11/h3-6H,1-2H3,(H,14,16,20)/b11-6+. The highest BCUT2D eigenvalue weighted by Gasteiger charge is 2.23. The Kier molecular flexibility index (Phi) is 3.99. The molecule has 1 heterocycles. The summed E-state index contributed by atoms with van der Waals surface area (Å²) in [7, 11) is 1.45. The van der Waals surface area contributed by atoms with Crippen molar-refractivity contribution < 1.29 is 23.8 Å². The number of methoxy groups -OCH3 is 1. The lowest BCUT2D eigenvalue weighted by molar-refractivity contribution is -0.132. The van der Waals surface area contributed by atoms with Gasteiger partial charge in [0.2, 0.25) is 0 Å². The van der Waals surface area contributed by atoms with Gasteiger partial charge in [0, 0.05) is 6.92 Å². The van der Waals surface area contributed by atoms with Crippen LogP contribution in [0.25, 0.3) is 6.08 Å². The Morgan fingerprint density at radius 1 is 1.40 bits per heavy atom. The molecule has 1 aromatic rings. The summed E-state index contributed by atoms with van der Waals surface area (Å²) in [5.74, 6) is -0.0847. The van der Waals surface area contributed by atoms with Crippen LogP contribution in [0.4, 0.5) is 0 Å². The molecule has 1 aliphatic heterocycles. The summed E-state index contributed by atoms with van der Waals surface area (Å²) in [6, 6.07) is 4.84. The lowest BCUT2D eigenvalue weighted by Crippen LogP contribution is -2.18. The quantitative estimate of drug-likeness (QED) is 0.393. The second-order valence-corrected chi connectivity index (χ2v) is 4.23. The topological polar surface area (TPSA) is 73.9 Å². The molecule has 0 bridgehead atoms. The monoisotopic (exact) mass is 293 g/mol. The average Bonchev–Trinajstić information content (AvgIpc) is 2.69. The minimum absolute atomic E-state index is 0.0183. The molecule has 104 valence electrons. The minimum Gasteiger partial charge on any atom is -0.493 e. The van der Waals surface area contributed by atoms with Crippen molar-refractivity contribution in [2.45, 2.75) is 6.92 Å². The molecule has 1 aromatic carbocycles. The molecule has 0 saturated carbocycles. The van der Waals surface area contributed by atoms with Gasteiger partial charge in [-0.15, -0.1) is 0 Å². The summed E-state index contributed by atoms with van der Waals surface area (Å²) in [5.41, 5.74) is 0.646. The van der Waals surface area contributed by atoms with Crippen molar-refractivity contribution in [1.82, 2.24) is 5.32 Å². The lowest BCUT2D eigenvalue weighted by Gasteiger charge is -2.08. The number of benzene rings is 1. The Morgan fingerprint density at radius 2 is 2.15 bits per heavy atom. The molecule has 0 spiro atoms. The fourth-order valence-corrected chi connectivity index (χ4v) is 1.77. The van der Waals surface area contributed by atoms with Gasteiger partial charge in [-0.1, -0.05) is 6.07 Å². The van der Waals surface area contributed by atoms with Gasteiger partial charge >= 0.3 is 5.97 Å². The Morgan fingerprint density at radius 3 is 2.70 bits per heavy atom. The molecular formula is C13H11NO5S. The van der Waals surface area contributed by atoms with Gasteiger partial charge in [0.1, 0.15) is 0 Å². The van der Waals surface area contributed by atoms with Crippen LogP contribution in [0, 0.1) is 0 Å². The van der Waals surface area contributed by atoms with Gasteiger partial charge in [-0.25, -0.2) is 0 Å². The number of hydrogen-bond donors (Lipinski definition) is 1. The Hall–Kier alpha value is -2.41. The molecule has 2 rings (SSSR count). The molecule has 20 heavy (non-hydrogen) atoms. The SMILES string of the molecule is COc1cc(/C=C2/OC(=S)NC2=O)ccc1OC(C)=O. The van der Waals surface area contributed by atoms with Crippen LogP contribution in [-0.4, -0.2) is 24.2 Å². The molecule has 0 aliphatic carbocycles. The van der Waals surface area contributed by atoms with Crippen LogP contribution < -0.4 is 14.8 Å². The minimum atomic E-state index is -0.446. The van der Waals surface area contributed by atoms with E-state index in [0.29, 0.717) is 17.1 Å². The third-order valence-electron chi connectivity index (χ3n) is 2.38. The van der Waals surface area contributed by atoms with Crippen LogP contribution in [0.15, 0.2) is 24.0 Å². The second-order valence-electron chi connectivity index (χ2n) is 3.86. The largest absolute Gasteiger partial charge is 0.493 e. The number of esters is 1. The first-order valence-corrected chi connectivity index (χ1v) is 6.01. The highest BCUT2D eigenvalue weighted by atomic mass is 32.1. The number of hydrogen-bond acceptors (Lipinski definition) is 6. The fraction of sp³-hybridized carbons (Fsp3) is 0.154. The van der Waals surface area contributed by atoms with Crippen molar-refractivity contribution in [3.8, 4) is 11.5 Å². The zero-order chi connectivity index (χ0) is 14.7. The maximum Gasteiger partial charge on any atom is 0.308 e. The van der Waals surface area contributed by atoms with Crippen molar-refractivity contribution in [2.75, 3.05) is 7.11 Å². The van der Waals surface area contributed by atoms with Gasteiger partial charge in [-0.05, 0) is 36.0 Å². The number of thiocarbonyl (C=S) groups is 1. The number of carbonyl (C=O) groups is 2. The van der Waals surface area contributed by atoms with Crippen molar-refractivity contribution in [2.24, 2.45) is 0 Å². The van der Waals surface area contributed by atoms with E-state index in [1.807, 2.05) is 0 Å². The highest BCUT2D eigenvalue weighted by Crippen LogP contribution is 2.29. The highest BCUT2D eigenvalue weighted by molar-refractivity contribution is 7.80. The molecule has 0 unspecified atom stereocenters. The third kappa shape index (κ3) is 3.12. The molecule has 7 heteroatoms. The Balaban J connectivity index is 2.30. The smallest absolute Gasteiger partial charge is 0.308 e. The maximum atomic E-state index is 11.5. The van der Waals surface area contributed by atoms with Crippen LogP contribution >= 0.6 is 12.2 Å². The first-order chi connectivity index (χ1) is 9.49. The molecule has 6 nitrogen and oxygen atoms in total. The number of nitrogens with one attached hydrogen (secondary N) is 1. The molecular weight excluding hydrogens is 282 g/mol. The molecule has 0 aromatic heterocycles. The van der Waals surface area contributed by atoms with Gasteiger partial charge in [0.15, 0.2) is 17.3 Å². The summed E-state index contributed by atoms with van der Waals surface area (Å²) in [5, 5.41) is 2.37. The van der Waals surface area contributed by atoms with Gasteiger partial charge in [-0.2, -0.15) is 0 Å².